The van der Waals surface area contributed by atoms with E-state index in [0.717, 1.165) is 36.7 Å². The van der Waals surface area contributed by atoms with Crippen molar-refractivity contribution in [2.45, 2.75) is 44.2 Å². The fourth-order valence-electron chi connectivity index (χ4n) is 3.13. The van der Waals surface area contributed by atoms with Crippen LogP contribution in [-0.2, 0) is 4.79 Å². The molecule has 1 aromatic carbocycles. The summed E-state index contributed by atoms with van der Waals surface area (Å²) in [6.07, 6.45) is 3.78. The molecule has 1 fully saturated rings. The third kappa shape index (κ3) is 3.91. The maximum absolute atomic E-state index is 12.3. The molecule has 0 bridgehead atoms. The van der Waals surface area contributed by atoms with E-state index in [0.29, 0.717) is 18.8 Å². The zero-order valence-corrected chi connectivity index (χ0v) is 13.5. The van der Waals surface area contributed by atoms with Crippen molar-refractivity contribution < 1.29 is 9.59 Å². The number of H-pyrrole nitrogens is 1. The van der Waals surface area contributed by atoms with Crippen molar-refractivity contribution in [3.8, 4) is 0 Å². The van der Waals surface area contributed by atoms with E-state index in [1.807, 2.05) is 24.3 Å². The number of carbonyl (C=O) groups is 2. The number of amides is 2. The van der Waals surface area contributed by atoms with Crippen molar-refractivity contribution in [3.05, 3.63) is 30.1 Å². The van der Waals surface area contributed by atoms with Crippen LogP contribution in [0.4, 0.5) is 0 Å². The molecule has 0 saturated heterocycles. The Morgan fingerprint density at radius 2 is 1.79 bits per heavy atom. The van der Waals surface area contributed by atoms with Gasteiger partial charge in [0, 0.05) is 25.0 Å². The van der Waals surface area contributed by atoms with Gasteiger partial charge in [-0.05, 0) is 37.8 Å². The summed E-state index contributed by atoms with van der Waals surface area (Å²) in [5.74, 6) is 0.170. The number of nitrogens with two attached hydrogens (primary N) is 1. The third-order valence-electron chi connectivity index (χ3n) is 4.40. The first-order valence-corrected chi connectivity index (χ1v) is 8.40. The van der Waals surface area contributed by atoms with E-state index >= 15 is 0 Å². The number of hydrogen-bond donors (Lipinski definition) is 4. The predicted octanol–water partition coefficient (Wildman–Crippen LogP) is 1.07. The van der Waals surface area contributed by atoms with Crippen molar-refractivity contribution in [1.29, 1.82) is 0 Å². The second kappa shape index (κ2) is 7.44. The largest absolute Gasteiger partial charge is 0.353 e. The molecule has 0 radical (unpaired) electrons. The molecule has 7 nitrogen and oxygen atoms in total. The van der Waals surface area contributed by atoms with Crippen molar-refractivity contribution in [2.75, 3.05) is 6.54 Å². The summed E-state index contributed by atoms with van der Waals surface area (Å²) in [7, 11) is 0. The van der Waals surface area contributed by atoms with Gasteiger partial charge in [0.05, 0.1) is 11.0 Å². The SMILES string of the molecule is NCCC(=O)N[C@H]1CC[C@H](NC(=O)c2nc3ccccc3[nH]2)CC1. The molecule has 2 aromatic rings. The predicted molar refractivity (Wildman–Crippen MR) is 91.4 cm³/mol. The molecule has 1 heterocycles. The highest BCUT2D eigenvalue weighted by atomic mass is 16.2. The lowest BCUT2D eigenvalue weighted by Crippen LogP contribution is -2.44. The topological polar surface area (TPSA) is 113 Å². The Labute approximate surface area is 140 Å². The zero-order chi connectivity index (χ0) is 16.9. The Morgan fingerprint density at radius 1 is 1.12 bits per heavy atom. The lowest BCUT2D eigenvalue weighted by atomic mass is 9.91. The number of imidazole rings is 1. The number of carbonyl (C=O) groups excluding carboxylic acids is 2. The van der Waals surface area contributed by atoms with Crippen molar-refractivity contribution in [3.63, 3.8) is 0 Å². The van der Waals surface area contributed by atoms with Crippen molar-refractivity contribution >= 4 is 22.8 Å². The summed E-state index contributed by atoms with van der Waals surface area (Å²) in [5.41, 5.74) is 7.02. The summed E-state index contributed by atoms with van der Waals surface area (Å²) in [6.45, 7) is 0.370. The van der Waals surface area contributed by atoms with Crippen LogP contribution in [0.3, 0.4) is 0 Å². The van der Waals surface area contributed by atoms with E-state index in [-0.39, 0.29) is 23.9 Å². The number of nitrogens with one attached hydrogen (secondary N) is 3. The van der Waals surface area contributed by atoms with Crippen LogP contribution in [0.15, 0.2) is 24.3 Å². The van der Waals surface area contributed by atoms with Crippen LogP contribution in [0, 0.1) is 0 Å². The minimum Gasteiger partial charge on any atom is -0.353 e. The Bertz CT molecular complexity index is 686. The Balaban J connectivity index is 1.50. The molecule has 128 valence electrons. The number of hydrogen-bond acceptors (Lipinski definition) is 4. The average Bonchev–Trinajstić information content (AvgIpc) is 3.01. The highest BCUT2D eigenvalue weighted by Crippen LogP contribution is 2.19. The minimum atomic E-state index is -0.179. The van der Waals surface area contributed by atoms with Gasteiger partial charge in [0.2, 0.25) is 5.91 Å². The molecule has 0 spiro atoms. The van der Waals surface area contributed by atoms with E-state index < -0.39 is 0 Å². The van der Waals surface area contributed by atoms with Gasteiger partial charge in [-0.15, -0.1) is 0 Å². The van der Waals surface area contributed by atoms with Gasteiger partial charge >= 0.3 is 0 Å². The average molecular weight is 329 g/mol. The van der Waals surface area contributed by atoms with E-state index in [4.69, 9.17) is 5.73 Å². The molecule has 1 aliphatic rings. The molecule has 1 aliphatic carbocycles. The van der Waals surface area contributed by atoms with Crippen LogP contribution >= 0.6 is 0 Å². The summed E-state index contributed by atoms with van der Waals surface area (Å²) >= 11 is 0. The maximum Gasteiger partial charge on any atom is 0.287 e. The Morgan fingerprint density at radius 3 is 2.46 bits per heavy atom. The molecule has 24 heavy (non-hydrogen) atoms. The van der Waals surface area contributed by atoms with Crippen LogP contribution in [0.1, 0.15) is 42.7 Å². The standard InChI is InChI=1S/C17H23N5O2/c18-10-9-15(23)19-11-5-7-12(8-6-11)20-17(24)16-21-13-3-1-2-4-14(13)22-16/h1-4,11-12H,5-10,18H2,(H,19,23)(H,20,24)(H,21,22)/t11-,12-. The number of fused-ring (bicyclic) bond motifs is 1. The zero-order valence-electron chi connectivity index (χ0n) is 13.5. The molecule has 2 amide bonds. The fraction of sp³-hybridized carbons (Fsp3) is 0.471. The molecule has 1 aromatic heterocycles. The van der Waals surface area contributed by atoms with Gasteiger partial charge in [0.15, 0.2) is 5.82 Å². The summed E-state index contributed by atoms with van der Waals surface area (Å²) < 4.78 is 0. The van der Waals surface area contributed by atoms with Crippen LogP contribution in [0.5, 0.6) is 0 Å². The maximum atomic E-state index is 12.3. The van der Waals surface area contributed by atoms with Crippen LogP contribution in [0.2, 0.25) is 0 Å². The molecular formula is C17H23N5O2. The van der Waals surface area contributed by atoms with Gasteiger partial charge in [-0.25, -0.2) is 4.98 Å². The highest BCUT2D eigenvalue weighted by Gasteiger charge is 2.24. The smallest absolute Gasteiger partial charge is 0.287 e. The number of rotatable bonds is 5. The summed E-state index contributed by atoms with van der Waals surface area (Å²) in [4.78, 5) is 31.3. The monoisotopic (exact) mass is 329 g/mol. The molecule has 0 aliphatic heterocycles. The number of para-hydroxylation sites is 2. The van der Waals surface area contributed by atoms with Gasteiger partial charge < -0.3 is 21.4 Å². The quantitative estimate of drug-likeness (QED) is 0.657. The molecule has 7 heteroatoms. The van der Waals surface area contributed by atoms with Crippen LogP contribution in [-0.4, -0.2) is 40.4 Å². The molecule has 3 rings (SSSR count). The normalized spacial score (nSPS) is 20.7. The number of aromatic amines is 1. The Kier molecular flexibility index (Phi) is 5.10. The van der Waals surface area contributed by atoms with Gasteiger partial charge in [-0.1, -0.05) is 12.1 Å². The summed E-state index contributed by atoms with van der Waals surface area (Å²) in [5, 5.41) is 6.02. The molecule has 1 saturated carbocycles. The van der Waals surface area contributed by atoms with E-state index in [9.17, 15) is 9.59 Å². The first-order chi connectivity index (χ1) is 11.7. The van der Waals surface area contributed by atoms with E-state index in [2.05, 4.69) is 20.6 Å². The lowest BCUT2D eigenvalue weighted by molar-refractivity contribution is -0.121. The summed E-state index contributed by atoms with van der Waals surface area (Å²) in [6, 6.07) is 7.87. The first-order valence-electron chi connectivity index (χ1n) is 8.40. The third-order valence-corrected chi connectivity index (χ3v) is 4.40. The number of benzene rings is 1. The minimum absolute atomic E-state index is 0.00672. The van der Waals surface area contributed by atoms with E-state index in [1.165, 1.54) is 0 Å². The number of aromatic nitrogens is 2. The molecule has 0 atom stereocenters. The number of nitrogens with zero attached hydrogens (tertiary/aromatic N) is 1. The molecule has 0 unspecified atom stereocenters. The van der Waals surface area contributed by atoms with Crippen molar-refractivity contribution in [1.82, 2.24) is 20.6 Å². The van der Waals surface area contributed by atoms with Gasteiger partial charge in [0.1, 0.15) is 0 Å². The molecular weight excluding hydrogens is 306 g/mol. The van der Waals surface area contributed by atoms with E-state index in [1.54, 1.807) is 0 Å². The second-order valence-electron chi connectivity index (χ2n) is 6.23. The van der Waals surface area contributed by atoms with Gasteiger partial charge in [-0.3, -0.25) is 9.59 Å². The first kappa shape index (κ1) is 16.4. The Hall–Kier alpha value is -2.41. The fourth-order valence-corrected chi connectivity index (χ4v) is 3.13. The highest BCUT2D eigenvalue weighted by molar-refractivity contribution is 5.94. The van der Waals surface area contributed by atoms with Crippen LogP contribution < -0.4 is 16.4 Å². The lowest BCUT2D eigenvalue weighted by Gasteiger charge is -2.29. The van der Waals surface area contributed by atoms with Gasteiger partial charge in [-0.2, -0.15) is 0 Å². The van der Waals surface area contributed by atoms with Crippen LogP contribution in [0.25, 0.3) is 11.0 Å². The molecule has 5 N–H and O–H groups in total. The second-order valence-corrected chi connectivity index (χ2v) is 6.23. The van der Waals surface area contributed by atoms with Gasteiger partial charge in [0.25, 0.3) is 5.91 Å². The van der Waals surface area contributed by atoms with Crippen molar-refractivity contribution in [2.24, 2.45) is 5.73 Å².